The maximum absolute atomic E-state index is 4.12. The molecule has 1 aromatic rings. The number of rotatable bonds is 7. The van der Waals surface area contributed by atoms with Crippen LogP contribution < -0.4 is 5.32 Å². The zero-order valence-electron chi connectivity index (χ0n) is 14.2. The minimum atomic E-state index is 0.308. The van der Waals surface area contributed by atoms with Crippen molar-refractivity contribution in [2.24, 2.45) is 5.92 Å². The van der Waals surface area contributed by atoms with Gasteiger partial charge in [0.05, 0.1) is 6.33 Å². The number of nitrogens with zero attached hydrogens (tertiary/aromatic N) is 3. The molecule has 0 aliphatic carbocycles. The third kappa shape index (κ3) is 4.55. The lowest BCUT2D eigenvalue weighted by atomic mass is 9.90. The van der Waals surface area contributed by atoms with Crippen LogP contribution in [0.3, 0.4) is 0 Å². The average Bonchev–Trinajstić information content (AvgIpc) is 2.95. The first-order valence-corrected chi connectivity index (χ1v) is 8.47. The van der Waals surface area contributed by atoms with Gasteiger partial charge >= 0.3 is 0 Å². The van der Waals surface area contributed by atoms with Crippen molar-refractivity contribution >= 4 is 0 Å². The Morgan fingerprint density at radius 2 is 2.19 bits per heavy atom. The SMILES string of the molecule is CCC1(C)CNC(CC(C)C)CN1CCCn1ccnc1. The van der Waals surface area contributed by atoms with E-state index >= 15 is 0 Å². The van der Waals surface area contributed by atoms with Gasteiger partial charge in [-0.15, -0.1) is 0 Å². The van der Waals surface area contributed by atoms with Crippen molar-refractivity contribution < 1.29 is 0 Å². The Morgan fingerprint density at radius 1 is 1.38 bits per heavy atom. The highest BCUT2D eigenvalue weighted by Gasteiger charge is 2.35. The molecule has 0 aromatic carbocycles. The number of piperazine rings is 1. The van der Waals surface area contributed by atoms with Gasteiger partial charge in [-0.2, -0.15) is 0 Å². The number of imidazole rings is 1. The molecule has 4 heteroatoms. The molecule has 0 radical (unpaired) electrons. The Morgan fingerprint density at radius 3 is 2.81 bits per heavy atom. The summed E-state index contributed by atoms with van der Waals surface area (Å²) in [5.41, 5.74) is 0.308. The average molecular weight is 292 g/mol. The van der Waals surface area contributed by atoms with E-state index in [1.54, 1.807) is 0 Å². The fourth-order valence-corrected chi connectivity index (χ4v) is 3.33. The Balaban J connectivity index is 1.88. The Bertz CT molecular complexity index is 401. The summed E-state index contributed by atoms with van der Waals surface area (Å²) >= 11 is 0. The van der Waals surface area contributed by atoms with Crippen LogP contribution in [-0.4, -0.2) is 45.7 Å². The molecule has 1 N–H and O–H groups in total. The van der Waals surface area contributed by atoms with E-state index in [1.165, 1.54) is 32.4 Å². The van der Waals surface area contributed by atoms with Crippen LogP contribution in [-0.2, 0) is 6.54 Å². The predicted octanol–water partition coefficient (Wildman–Crippen LogP) is 2.76. The number of hydrogen-bond acceptors (Lipinski definition) is 3. The zero-order chi connectivity index (χ0) is 15.3. The molecule has 1 aliphatic heterocycles. The Hall–Kier alpha value is -0.870. The fraction of sp³-hybridized carbons (Fsp3) is 0.824. The van der Waals surface area contributed by atoms with Gasteiger partial charge in [-0.05, 0) is 32.1 Å². The van der Waals surface area contributed by atoms with Crippen molar-refractivity contribution in [3.05, 3.63) is 18.7 Å². The lowest BCUT2D eigenvalue weighted by molar-refractivity contribution is 0.0424. The van der Waals surface area contributed by atoms with Crippen LogP contribution in [0.5, 0.6) is 0 Å². The summed E-state index contributed by atoms with van der Waals surface area (Å²) < 4.78 is 2.18. The molecule has 2 unspecified atom stereocenters. The van der Waals surface area contributed by atoms with Crippen LogP contribution >= 0.6 is 0 Å². The van der Waals surface area contributed by atoms with Gasteiger partial charge in [0, 0.05) is 50.2 Å². The van der Waals surface area contributed by atoms with Crippen molar-refractivity contribution in [2.75, 3.05) is 19.6 Å². The normalized spacial score (nSPS) is 27.4. The summed E-state index contributed by atoms with van der Waals surface area (Å²) in [6.45, 7) is 13.9. The topological polar surface area (TPSA) is 33.1 Å². The van der Waals surface area contributed by atoms with Crippen molar-refractivity contribution in [2.45, 2.75) is 65.1 Å². The quantitative estimate of drug-likeness (QED) is 0.839. The molecule has 1 fully saturated rings. The van der Waals surface area contributed by atoms with E-state index in [2.05, 4.69) is 53.7 Å². The molecule has 21 heavy (non-hydrogen) atoms. The molecule has 120 valence electrons. The zero-order valence-corrected chi connectivity index (χ0v) is 14.2. The molecular formula is C17H32N4. The first kappa shape index (κ1) is 16.5. The minimum Gasteiger partial charge on any atom is -0.337 e. The maximum Gasteiger partial charge on any atom is 0.0945 e. The second kappa shape index (κ2) is 7.41. The van der Waals surface area contributed by atoms with E-state index < -0.39 is 0 Å². The van der Waals surface area contributed by atoms with Gasteiger partial charge in [0.2, 0.25) is 0 Å². The van der Waals surface area contributed by atoms with Gasteiger partial charge in [-0.25, -0.2) is 4.98 Å². The first-order chi connectivity index (χ1) is 10.0. The molecule has 2 heterocycles. The molecule has 1 aliphatic rings. The monoisotopic (exact) mass is 292 g/mol. The molecule has 0 saturated carbocycles. The third-order valence-electron chi connectivity index (χ3n) is 4.90. The molecule has 2 atom stereocenters. The lowest BCUT2D eigenvalue weighted by Gasteiger charge is -2.48. The molecule has 2 rings (SSSR count). The number of aryl methyl sites for hydroxylation is 1. The first-order valence-electron chi connectivity index (χ1n) is 8.47. The molecule has 0 amide bonds. The molecule has 0 bridgehead atoms. The van der Waals surface area contributed by atoms with Crippen molar-refractivity contribution in [3.8, 4) is 0 Å². The molecule has 4 nitrogen and oxygen atoms in total. The Kier molecular flexibility index (Phi) is 5.82. The van der Waals surface area contributed by atoms with Crippen molar-refractivity contribution in [1.29, 1.82) is 0 Å². The summed E-state index contributed by atoms with van der Waals surface area (Å²) in [4.78, 5) is 6.83. The van der Waals surface area contributed by atoms with Gasteiger partial charge in [0.25, 0.3) is 0 Å². The Labute approximate surface area is 129 Å². The molecule has 1 saturated heterocycles. The van der Waals surface area contributed by atoms with Crippen molar-refractivity contribution in [3.63, 3.8) is 0 Å². The van der Waals surface area contributed by atoms with Crippen LogP contribution in [0.2, 0.25) is 0 Å². The molecule has 1 aromatic heterocycles. The van der Waals surface area contributed by atoms with Crippen molar-refractivity contribution in [1.82, 2.24) is 19.8 Å². The van der Waals surface area contributed by atoms with E-state index in [9.17, 15) is 0 Å². The molecule has 0 spiro atoms. The van der Waals surface area contributed by atoms with E-state index in [-0.39, 0.29) is 0 Å². The van der Waals surface area contributed by atoms with Crippen LogP contribution in [0.15, 0.2) is 18.7 Å². The van der Waals surface area contributed by atoms with Crippen LogP contribution in [0.1, 0.15) is 47.0 Å². The summed E-state index contributed by atoms with van der Waals surface area (Å²) in [5, 5.41) is 3.77. The smallest absolute Gasteiger partial charge is 0.0945 e. The predicted molar refractivity (Wildman–Crippen MR) is 88.4 cm³/mol. The minimum absolute atomic E-state index is 0.308. The highest BCUT2D eigenvalue weighted by Crippen LogP contribution is 2.25. The third-order valence-corrected chi connectivity index (χ3v) is 4.90. The standard InChI is InChI=1S/C17H32N4/c1-5-17(4)13-19-16(11-15(2)3)12-21(17)9-6-8-20-10-7-18-14-20/h7,10,14-16,19H,5-6,8-9,11-13H2,1-4H3. The fourth-order valence-electron chi connectivity index (χ4n) is 3.33. The van der Waals surface area contributed by atoms with Crippen LogP contribution in [0, 0.1) is 5.92 Å². The summed E-state index contributed by atoms with van der Waals surface area (Å²) in [6, 6.07) is 0.651. The maximum atomic E-state index is 4.12. The van der Waals surface area contributed by atoms with E-state index in [0.29, 0.717) is 11.6 Å². The van der Waals surface area contributed by atoms with E-state index in [4.69, 9.17) is 0 Å². The number of hydrogen-bond donors (Lipinski definition) is 1. The van der Waals surface area contributed by atoms with Gasteiger partial charge in [-0.1, -0.05) is 20.8 Å². The molecular weight excluding hydrogens is 260 g/mol. The number of aromatic nitrogens is 2. The van der Waals surface area contributed by atoms with E-state index in [1.807, 2.05) is 12.5 Å². The highest BCUT2D eigenvalue weighted by atomic mass is 15.3. The van der Waals surface area contributed by atoms with Crippen LogP contribution in [0.4, 0.5) is 0 Å². The highest BCUT2D eigenvalue weighted by molar-refractivity contribution is 4.95. The summed E-state index contributed by atoms with van der Waals surface area (Å²) in [6.07, 6.45) is 9.51. The van der Waals surface area contributed by atoms with Gasteiger partial charge in [-0.3, -0.25) is 4.90 Å². The van der Waals surface area contributed by atoms with E-state index in [0.717, 1.165) is 19.0 Å². The second-order valence-electron chi connectivity index (χ2n) is 7.16. The lowest BCUT2D eigenvalue weighted by Crippen LogP contribution is -2.63. The summed E-state index contributed by atoms with van der Waals surface area (Å²) in [5.74, 6) is 0.765. The van der Waals surface area contributed by atoms with Crippen LogP contribution in [0.25, 0.3) is 0 Å². The summed E-state index contributed by atoms with van der Waals surface area (Å²) in [7, 11) is 0. The number of nitrogens with one attached hydrogen (secondary N) is 1. The second-order valence-corrected chi connectivity index (χ2v) is 7.16. The largest absolute Gasteiger partial charge is 0.337 e. The van der Waals surface area contributed by atoms with Gasteiger partial charge in [0.15, 0.2) is 0 Å². The van der Waals surface area contributed by atoms with Gasteiger partial charge < -0.3 is 9.88 Å². The van der Waals surface area contributed by atoms with Gasteiger partial charge in [0.1, 0.15) is 0 Å².